The van der Waals surface area contributed by atoms with E-state index in [4.69, 9.17) is 0 Å². The second kappa shape index (κ2) is 6.80. The molecule has 1 aliphatic heterocycles. The van der Waals surface area contributed by atoms with Crippen LogP contribution < -0.4 is 10.9 Å². The van der Waals surface area contributed by atoms with Gasteiger partial charge in [0.1, 0.15) is 0 Å². The average Bonchev–Trinajstić information content (AvgIpc) is 2.83. The van der Waals surface area contributed by atoms with Crippen molar-refractivity contribution in [3.63, 3.8) is 0 Å². The summed E-state index contributed by atoms with van der Waals surface area (Å²) in [4.78, 5) is 23.4. The van der Waals surface area contributed by atoms with E-state index in [9.17, 15) is 31.2 Å². The summed E-state index contributed by atoms with van der Waals surface area (Å²) < 4.78 is 59.8. The first-order valence-electron chi connectivity index (χ1n) is 7.04. The van der Waals surface area contributed by atoms with Gasteiger partial charge in [-0.15, -0.1) is 0 Å². The molecular weight excluding hydrogens is 349 g/mol. The van der Waals surface area contributed by atoms with Crippen molar-refractivity contribution in [3.05, 3.63) is 35.4 Å². The van der Waals surface area contributed by atoms with E-state index in [2.05, 4.69) is 10.9 Å². The van der Waals surface area contributed by atoms with Crippen LogP contribution in [0.5, 0.6) is 0 Å². The van der Waals surface area contributed by atoms with Crippen molar-refractivity contribution in [2.45, 2.75) is 19.0 Å². The molecule has 2 N–H and O–H groups in total. The van der Waals surface area contributed by atoms with E-state index in [1.807, 2.05) is 0 Å². The highest BCUT2D eigenvalue weighted by Gasteiger charge is 2.31. The van der Waals surface area contributed by atoms with Gasteiger partial charge < -0.3 is 0 Å². The maximum atomic E-state index is 12.4. The van der Waals surface area contributed by atoms with Crippen LogP contribution in [0.2, 0.25) is 0 Å². The van der Waals surface area contributed by atoms with Crippen molar-refractivity contribution in [1.29, 1.82) is 0 Å². The fourth-order valence-electron chi connectivity index (χ4n) is 2.36. The Bertz CT molecular complexity index is 729. The molecule has 1 saturated heterocycles. The Morgan fingerprint density at radius 2 is 1.75 bits per heavy atom. The van der Waals surface area contributed by atoms with Gasteiger partial charge >= 0.3 is 6.18 Å². The van der Waals surface area contributed by atoms with Crippen molar-refractivity contribution >= 4 is 21.7 Å². The van der Waals surface area contributed by atoms with Crippen LogP contribution in [0.25, 0.3) is 0 Å². The largest absolute Gasteiger partial charge is 0.416 e. The molecule has 0 unspecified atom stereocenters. The first-order valence-corrected chi connectivity index (χ1v) is 8.86. The number of carbonyl (C=O) groups is 2. The highest BCUT2D eigenvalue weighted by atomic mass is 32.2. The van der Waals surface area contributed by atoms with E-state index < -0.39 is 33.4 Å². The number of hydrogen-bond acceptors (Lipinski definition) is 4. The van der Waals surface area contributed by atoms with Gasteiger partial charge in [-0.05, 0) is 36.6 Å². The molecule has 0 aromatic heterocycles. The van der Waals surface area contributed by atoms with Crippen molar-refractivity contribution < 1.29 is 31.2 Å². The Labute approximate surface area is 136 Å². The van der Waals surface area contributed by atoms with Gasteiger partial charge in [-0.25, -0.2) is 8.42 Å². The van der Waals surface area contributed by atoms with Crippen molar-refractivity contribution in [3.8, 4) is 0 Å². The molecule has 1 aromatic carbocycles. The summed E-state index contributed by atoms with van der Waals surface area (Å²) >= 11 is 0. The molecular formula is C14H15F3N2O4S. The lowest BCUT2D eigenvalue weighted by Crippen LogP contribution is -2.42. The standard InChI is InChI=1S/C14H15F3N2O4S/c15-14(16,17)11-3-1-10(2-4-11)13(21)19-18-12(20)7-9-5-6-24(22,23)8-9/h1-4,9H,5-8H2,(H,18,20)(H,19,21)/t9-/m1/s1. The maximum absolute atomic E-state index is 12.4. The lowest BCUT2D eigenvalue weighted by molar-refractivity contribution is -0.137. The fourth-order valence-corrected chi connectivity index (χ4v) is 4.22. The zero-order chi connectivity index (χ0) is 18.0. The van der Waals surface area contributed by atoms with Crippen LogP contribution >= 0.6 is 0 Å². The van der Waals surface area contributed by atoms with Crippen LogP contribution in [0, 0.1) is 5.92 Å². The summed E-state index contributed by atoms with van der Waals surface area (Å²) in [5.41, 5.74) is 3.27. The van der Waals surface area contributed by atoms with Gasteiger partial charge in [0, 0.05) is 12.0 Å². The third-order valence-corrected chi connectivity index (χ3v) is 5.43. The van der Waals surface area contributed by atoms with Gasteiger partial charge in [0.15, 0.2) is 9.84 Å². The summed E-state index contributed by atoms with van der Waals surface area (Å²) in [6.45, 7) is 0. The minimum atomic E-state index is -4.50. The Morgan fingerprint density at radius 3 is 2.25 bits per heavy atom. The molecule has 2 amide bonds. The molecule has 1 aliphatic rings. The third-order valence-electron chi connectivity index (χ3n) is 3.59. The van der Waals surface area contributed by atoms with Crippen LogP contribution in [0.4, 0.5) is 13.2 Å². The van der Waals surface area contributed by atoms with E-state index in [-0.39, 0.29) is 29.4 Å². The van der Waals surface area contributed by atoms with Crippen molar-refractivity contribution in [2.24, 2.45) is 5.92 Å². The predicted octanol–water partition coefficient (Wildman–Crippen LogP) is 1.29. The van der Waals surface area contributed by atoms with Gasteiger partial charge in [0.25, 0.3) is 5.91 Å². The molecule has 1 heterocycles. The van der Waals surface area contributed by atoms with E-state index in [1.54, 1.807) is 0 Å². The smallest absolute Gasteiger partial charge is 0.273 e. The second-order valence-electron chi connectivity index (χ2n) is 5.55. The normalized spacial score (nSPS) is 19.7. The third kappa shape index (κ3) is 4.95. The second-order valence-corrected chi connectivity index (χ2v) is 7.78. The van der Waals surface area contributed by atoms with Crippen LogP contribution in [-0.4, -0.2) is 31.7 Å². The minimum absolute atomic E-state index is 0.0445. The summed E-state index contributed by atoms with van der Waals surface area (Å²) in [7, 11) is -3.09. The van der Waals surface area contributed by atoms with Gasteiger partial charge in [-0.3, -0.25) is 20.4 Å². The number of sulfone groups is 1. The van der Waals surface area contributed by atoms with E-state index in [0.29, 0.717) is 6.42 Å². The van der Waals surface area contributed by atoms with Gasteiger partial charge in [0.2, 0.25) is 5.91 Å². The Balaban J connectivity index is 1.83. The van der Waals surface area contributed by atoms with Crippen molar-refractivity contribution in [2.75, 3.05) is 11.5 Å². The quantitative estimate of drug-likeness (QED) is 0.791. The molecule has 0 spiro atoms. The maximum Gasteiger partial charge on any atom is 0.416 e. The number of carbonyl (C=O) groups excluding carboxylic acids is 2. The molecule has 6 nitrogen and oxygen atoms in total. The Hall–Kier alpha value is -2.10. The molecule has 1 fully saturated rings. The van der Waals surface area contributed by atoms with Gasteiger partial charge in [-0.2, -0.15) is 13.2 Å². The number of nitrogens with one attached hydrogen (secondary N) is 2. The molecule has 1 aromatic rings. The molecule has 10 heteroatoms. The van der Waals surface area contributed by atoms with Gasteiger partial charge in [0.05, 0.1) is 17.1 Å². The summed E-state index contributed by atoms with van der Waals surface area (Å²) in [5, 5.41) is 0. The number of hydrazine groups is 1. The molecule has 0 aliphatic carbocycles. The number of halogens is 3. The minimum Gasteiger partial charge on any atom is -0.273 e. The highest BCUT2D eigenvalue weighted by molar-refractivity contribution is 7.91. The first kappa shape index (κ1) is 18.2. The summed E-state index contributed by atoms with van der Waals surface area (Å²) in [6.07, 6.45) is -4.15. The zero-order valence-corrected chi connectivity index (χ0v) is 13.2. The van der Waals surface area contributed by atoms with E-state index in [0.717, 1.165) is 24.3 Å². The number of rotatable bonds is 3. The number of hydrogen-bond donors (Lipinski definition) is 2. The first-order chi connectivity index (χ1) is 11.1. The molecule has 2 rings (SSSR count). The van der Waals surface area contributed by atoms with E-state index >= 15 is 0 Å². The molecule has 0 saturated carbocycles. The molecule has 24 heavy (non-hydrogen) atoms. The van der Waals surface area contributed by atoms with E-state index in [1.165, 1.54) is 0 Å². The highest BCUT2D eigenvalue weighted by Crippen LogP contribution is 2.29. The molecule has 0 radical (unpaired) electrons. The zero-order valence-electron chi connectivity index (χ0n) is 12.4. The summed E-state index contributed by atoms with van der Waals surface area (Å²) in [5.74, 6) is -1.64. The lowest BCUT2D eigenvalue weighted by Gasteiger charge is -2.11. The van der Waals surface area contributed by atoms with Crippen LogP contribution in [-0.2, 0) is 20.8 Å². The number of alkyl halides is 3. The molecule has 0 bridgehead atoms. The van der Waals surface area contributed by atoms with Crippen molar-refractivity contribution in [1.82, 2.24) is 10.9 Å². The van der Waals surface area contributed by atoms with Gasteiger partial charge in [-0.1, -0.05) is 0 Å². The fraction of sp³-hybridized carbons (Fsp3) is 0.429. The molecule has 132 valence electrons. The predicted molar refractivity (Wildman–Crippen MR) is 78.4 cm³/mol. The van der Waals surface area contributed by atoms with Crippen LogP contribution in [0.3, 0.4) is 0 Å². The topological polar surface area (TPSA) is 92.3 Å². The SMILES string of the molecule is O=C(C[C@H]1CCS(=O)(=O)C1)NNC(=O)c1ccc(C(F)(F)F)cc1. The summed E-state index contributed by atoms with van der Waals surface area (Å²) in [6, 6.07) is 3.52. The van der Waals surface area contributed by atoms with Crippen LogP contribution in [0.1, 0.15) is 28.8 Å². The molecule has 1 atom stereocenters. The lowest BCUT2D eigenvalue weighted by atomic mass is 10.1. The average molecular weight is 364 g/mol. The monoisotopic (exact) mass is 364 g/mol. The Kier molecular flexibility index (Phi) is 5.16. The van der Waals surface area contributed by atoms with Crippen LogP contribution in [0.15, 0.2) is 24.3 Å². The number of benzene rings is 1. The number of amides is 2. The Morgan fingerprint density at radius 1 is 1.12 bits per heavy atom.